The molecule has 0 fully saturated rings. The number of hydrogen-bond acceptors (Lipinski definition) is 7. The zero-order valence-electron chi connectivity index (χ0n) is 23.1. The number of nitrogens with zero attached hydrogens (tertiary/aromatic N) is 2. The van der Waals surface area contributed by atoms with Crippen LogP contribution in [0.5, 0.6) is 11.5 Å². The van der Waals surface area contributed by atoms with E-state index in [1.54, 1.807) is 48.5 Å². The fourth-order valence-electron chi connectivity index (χ4n) is 3.72. The Balaban J connectivity index is 1.47. The van der Waals surface area contributed by atoms with Gasteiger partial charge in [-0.15, -0.1) is 0 Å². The van der Waals surface area contributed by atoms with Crippen molar-refractivity contribution in [2.75, 3.05) is 6.61 Å². The Morgan fingerprint density at radius 1 is 0.667 bits per heavy atom. The second-order valence-corrected chi connectivity index (χ2v) is 9.42. The van der Waals surface area contributed by atoms with Gasteiger partial charge in [-0.3, -0.25) is 0 Å². The summed E-state index contributed by atoms with van der Waals surface area (Å²) in [5.41, 5.74) is 2.11. The lowest BCUT2D eigenvalue weighted by Crippen LogP contribution is -2.15. The van der Waals surface area contributed by atoms with E-state index in [1.165, 1.54) is 12.8 Å². The van der Waals surface area contributed by atoms with E-state index in [4.69, 9.17) is 14.2 Å². The molecule has 0 bridgehead atoms. The molecule has 0 saturated heterocycles. The van der Waals surface area contributed by atoms with Crippen LogP contribution in [0.1, 0.15) is 86.4 Å². The molecule has 206 valence electrons. The SMILES string of the molecule is CCCCCC[C@H](C)OC(=O)c1ccc(OC(=O)c2ccc(N=Nc3ccc(OCCCC)cc3)cc2)cc1. The molecule has 0 amide bonds. The average molecular weight is 531 g/mol. The number of unbranched alkanes of at least 4 members (excludes halogenated alkanes) is 4. The highest BCUT2D eigenvalue weighted by Crippen LogP contribution is 2.23. The molecule has 39 heavy (non-hydrogen) atoms. The number of benzene rings is 3. The summed E-state index contributed by atoms with van der Waals surface area (Å²) in [7, 11) is 0. The number of carbonyl (C=O) groups excluding carboxylic acids is 2. The van der Waals surface area contributed by atoms with E-state index in [-0.39, 0.29) is 12.1 Å². The van der Waals surface area contributed by atoms with Crippen molar-refractivity contribution >= 4 is 23.3 Å². The molecule has 0 aliphatic rings. The molecule has 0 aliphatic carbocycles. The van der Waals surface area contributed by atoms with Crippen molar-refractivity contribution < 1.29 is 23.8 Å². The Bertz CT molecular complexity index is 1190. The first-order valence-electron chi connectivity index (χ1n) is 13.8. The maximum atomic E-state index is 12.6. The molecule has 0 aliphatic heterocycles. The van der Waals surface area contributed by atoms with E-state index in [9.17, 15) is 9.59 Å². The molecule has 7 nitrogen and oxygen atoms in total. The van der Waals surface area contributed by atoms with Crippen LogP contribution < -0.4 is 9.47 Å². The number of esters is 2. The van der Waals surface area contributed by atoms with E-state index in [0.29, 0.717) is 34.9 Å². The molecule has 0 unspecified atom stereocenters. The fraction of sp³-hybridized carbons (Fsp3) is 0.375. The van der Waals surface area contributed by atoms with Crippen molar-refractivity contribution in [2.24, 2.45) is 10.2 Å². The summed E-state index contributed by atoms with van der Waals surface area (Å²) in [6.07, 6.45) is 7.39. The Kier molecular flexibility index (Phi) is 12.2. The molecule has 0 saturated carbocycles. The van der Waals surface area contributed by atoms with Gasteiger partial charge in [0, 0.05) is 0 Å². The van der Waals surface area contributed by atoms with Gasteiger partial charge in [-0.25, -0.2) is 9.59 Å². The third-order valence-electron chi connectivity index (χ3n) is 6.06. The largest absolute Gasteiger partial charge is 0.494 e. The van der Waals surface area contributed by atoms with Gasteiger partial charge in [-0.2, -0.15) is 10.2 Å². The van der Waals surface area contributed by atoms with E-state index < -0.39 is 5.97 Å². The molecule has 3 aromatic rings. The first kappa shape index (κ1) is 29.6. The van der Waals surface area contributed by atoms with Crippen LogP contribution in [0.3, 0.4) is 0 Å². The van der Waals surface area contributed by atoms with Gasteiger partial charge in [0.05, 0.1) is 35.2 Å². The van der Waals surface area contributed by atoms with Crippen LogP contribution in [-0.2, 0) is 4.74 Å². The van der Waals surface area contributed by atoms with Crippen LogP contribution in [0.2, 0.25) is 0 Å². The van der Waals surface area contributed by atoms with Crippen molar-refractivity contribution in [3.63, 3.8) is 0 Å². The quantitative estimate of drug-likeness (QED) is 0.0846. The molecule has 7 heteroatoms. The van der Waals surface area contributed by atoms with Gasteiger partial charge in [0.1, 0.15) is 11.5 Å². The van der Waals surface area contributed by atoms with Crippen molar-refractivity contribution in [2.45, 2.75) is 71.8 Å². The molecule has 0 spiro atoms. The monoisotopic (exact) mass is 530 g/mol. The van der Waals surface area contributed by atoms with E-state index in [0.717, 1.165) is 37.9 Å². The maximum Gasteiger partial charge on any atom is 0.343 e. The van der Waals surface area contributed by atoms with Gasteiger partial charge < -0.3 is 14.2 Å². The number of azo groups is 1. The molecule has 3 rings (SSSR count). The molecule has 1 atom stereocenters. The molecule has 0 N–H and O–H groups in total. The van der Waals surface area contributed by atoms with E-state index >= 15 is 0 Å². The van der Waals surface area contributed by atoms with Crippen LogP contribution in [0.15, 0.2) is 83.0 Å². The van der Waals surface area contributed by atoms with Gasteiger partial charge in [-0.05, 0) is 99.0 Å². The van der Waals surface area contributed by atoms with E-state index in [1.807, 2.05) is 31.2 Å². The Morgan fingerprint density at radius 3 is 1.82 bits per heavy atom. The minimum absolute atomic E-state index is 0.134. The summed E-state index contributed by atoms with van der Waals surface area (Å²) in [6.45, 7) is 6.90. The van der Waals surface area contributed by atoms with Crippen LogP contribution in [0.25, 0.3) is 0 Å². The van der Waals surface area contributed by atoms with Crippen molar-refractivity contribution in [3.8, 4) is 11.5 Å². The van der Waals surface area contributed by atoms with Gasteiger partial charge in [0.15, 0.2) is 0 Å². The second-order valence-electron chi connectivity index (χ2n) is 9.42. The third-order valence-corrected chi connectivity index (χ3v) is 6.06. The molecule has 0 heterocycles. The summed E-state index contributed by atoms with van der Waals surface area (Å²) in [5, 5.41) is 8.46. The predicted octanol–water partition coefficient (Wildman–Crippen LogP) is 9.02. The standard InChI is InChI=1S/C32H38N2O5/c1-4-6-8-9-10-24(3)38-31(35)26-13-19-30(20-14-26)39-32(36)25-11-15-27(16-12-25)33-34-28-17-21-29(22-18-28)37-23-7-5-2/h11-22,24H,4-10,23H2,1-3H3/t24-/m0/s1. The van der Waals surface area contributed by atoms with Gasteiger partial charge >= 0.3 is 11.9 Å². The lowest BCUT2D eigenvalue weighted by Gasteiger charge is -2.13. The first-order chi connectivity index (χ1) is 19.0. The minimum Gasteiger partial charge on any atom is -0.494 e. The highest BCUT2D eigenvalue weighted by atomic mass is 16.5. The number of ether oxygens (including phenoxy) is 3. The zero-order valence-corrected chi connectivity index (χ0v) is 23.1. The Morgan fingerprint density at radius 2 is 1.21 bits per heavy atom. The highest BCUT2D eigenvalue weighted by Gasteiger charge is 2.13. The summed E-state index contributed by atoms with van der Waals surface area (Å²) < 4.78 is 16.6. The fourth-order valence-corrected chi connectivity index (χ4v) is 3.72. The van der Waals surface area contributed by atoms with Gasteiger partial charge in [0.25, 0.3) is 0 Å². The smallest absolute Gasteiger partial charge is 0.343 e. The summed E-state index contributed by atoms with van der Waals surface area (Å²) in [6, 6.07) is 20.5. The minimum atomic E-state index is -0.506. The Hall–Kier alpha value is -4.00. The zero-order chi connectivity index (χ0) is 27.9. The molecular weight excluding hydrogens is 492 g/mol. The second kappa shape index (κ2) is 16.1. The number of hydrogen-bond donors (Lipinski definition) is 0. The maximum absolute atomic E-state index is 12.6. The first-order valence-corrected chi connectivity index (χ1v) is 13.8. The van der Waals surface area contributed by atoms with Crippen LogP contribution in [-0.4, -0.2) is 24.6 Å². The summed E-state index contributed by atoms with van der Waals surface area (Å²) in [4.78, 5) is 24.9. The number of carbonyl (C=O) groups is 2. The predicted molar refractivity (Wildman–Crippen MR) is 152 cm³/mol. The van der Waals surface area contributed by atoms with Crippen LogP contribution in [0.4, 0.5) is 11.4 Å². The lowest BCUT2D eigenvalue weighted by molar-refractivity contribution is 0.0319. The summed E-state index contributed by atoms with van der Waals surface area (Å²) >= 11 is 0. The third kappa shape index (κ3) is 10.3. The number of rotatable bonds is 15. The van der Waals surface area contributed by atoms with Gasteiger partial charge in [0.2, 0.25) is 0 Å². The molecular formula is C32H38N2O5. The topological polar surface area (TPSA) is 86.6 Å². The van der Waals surface area contributed by atoms with Crippen LogP contribution in [0, 0.1) is 0 Å². The van der Waals surface area contributed by atoms with Crippen LogP contribution >= 0.6 is 0 Å². The van der Waals surface area contributed by atoms with E-state index in [2.05, 4.69) is 24.1 Å². The molecule has 3 aromatic carbocycles. The average Bonchev–Trinajstić information content (AvgIpc) is 2.95. The Labute approximate surface area is 231 Å². The molecule has 0 radical (unpaired) electrons. The summed E-state index contributed by atoms with van der Waals surface area (Å²) in [5.74, 6) is 0.266. The lowest BCUT2D eigenvalue weighted by atomic mass is 10.1. The van der Waals surface area contributed by atoms with Crippen molar-refractivity contribution in [3.05, 3.63) is 83.9 Å². The van der Waals surface area contributed by atoms with Gasteiger partial charge in [-0.1, -0.05) is 39.5 Å². The highest BCUT2D eigenvalue weighted by molar-refractivity contribution is 5.92. The normalized spacial score (nSPS) is 11.8. The molecule has 0 aromatic heterocycles. The van der Waals surface area contributed by atoms with Crippen molar-refractivity contribution in [1.29, 1.82) is 0 Å². The van der Waals surface area contributed by atoms with Crippen molar-refractivity contribution in [1.82, 2.24) is 0 Å².